The summed E-state index contributed by atoms with van der Waals surface area (Å²) in [6.07, 6.45) is 1.27. The van der Waals surface area contributed by atoms with Gasteiger partial charge in [0.1, 0.15) is 0 Å². The van der Waals surface area contributed by atoms with E-state index in [-0.39, 0.29) is 5.41 Å². The van der Waals surface area contributed by atoms with Crippen molar-refractivity contribution < 1.29 is 0 Å². The third-order valence-corrected chi connectivity index (χ3v) is 3.53. The lowest BCUT2D eigenvalue weighted by molar-refractivity contribution is 0.586. The largest absolute Gasteiger partial charge is 0.310 e. The highest BCUT2D eigenvalue weighted by atomic mass is 14.9. The normalized spacial score (nSPS) is 26.0. The van der Waals surface area contributed by atoms with Crippen molar-refractivity contribution in [3.63, 3.8) is 0 Å². The zero-order valence-corrected chi connectivity index (χ0v) is 10.9. The lowest BCUT2D eigenvalue weighted by Gasteiger charge is -2.20. The highest BCUT2D eigenvalue weighted by Gasteiger charge is 2.22. The second-order valence-corrected chi connectivity index (χ2v) is 6.17. The smallest absolute Gasteiger partial charge is 0.0323 e. The van der Waals surface area contributed by atoms with Crippen molar-refractivity contribution in [2.45, 2.75) is 45.6 Å². The van der Waals surface area contributed by atoms with Gasteiger partial charge in [-0.3, -0.25) is 0 Å². The Labute approximate surface area is 99.3 Å². The molecule has 2 atom stereocenters. The first-order chi connectivity index (χ1) is 7.47. The molecular formula is C15H23N. The molecule has 1 aromatic carbocycles. The summed E-state index contributed by atoms with van der Waals surface area (Å²) < 4.78 is 0. The molecule has 1 fully saturated rings. The van der Waals surface area contributed by atoms with E-state index in [1.807, 2.05) is 0 Å². The summed E-state index contributed by atoms with van der Waals surface area (Å²) in [6.45, 7) is 10.3. The second kappa shape index (κ2) is 4.21. The molecule has 1 aliphatic rings. The van der Waals surface area contributed by atoms with Gasteiger partial charge in [-0.25, -0.2) is 0 Å². The number of nitrogens with one attached hydrogen (secondary N) is 1. The van der Waals surface area contributed by atoms with Gasteiger partial charge in [-0.2, -0.15) is 0 Å². The number of hydrogen-bond donors (Lipinski definition) is 1. The predicted molar refractivity (Wildman–Crippen MR) is 69.7 cm³/mol. The third-order valence-electron chi connectivity index (χ3n) is 3.53. The standard InChI is InChI=1S/C15H23N/c1-11-9-14(16-10-11)12-5-7-13(8-6-12)15(2,3)4/h5-8,11,14,16H,9-10H2,1-4H3/t11-,14-/m0/s1. The van der Waals surface area contributed by atoms with E-state index in [1.165, 1.54) is 17.5 Å². The van der Waals surface area contributed by atoms with Gasteiger partial charge in [-0.15, -0.1) is 0 Å². The van der Waals surface area contributed by atoms with E-state index in [4.69, 9.17) is 0 Å². The van der Waals surface area contributed by atoms with Gasteiger partial charge in [0.25, 0.3) is 0 Å². The monoisotopic (exact) mass is 217 g/mol. The maximum atomic E-state index is 3.58. The van der Waals surface area contributed by atoms with E-state index in [9.17, 15) is 0 Å². The first kappa shape index (κ1) is 11.7. The van der Waals surface area contributed by atoms with Crippen LogP contribution >= 0.6 is 0 Å². The Balaban J connectivity index is 2.14. The fraction of sp³-hybridized carbons (Fsp3) is 0.600. The Bertz CT molecular complexity index is 345. The van der Waals surface area contributed by atoms with E-state index >= 15 is 0 Å². The van der Waals surface area contributed by atoms with Crippen LogP contribution in [-0.2, 0) is 5.41 Å². The number of rotatable bonds is 1. The van der Waals surface area contributed by atoms with Crippen LogP contribution in [0.3, 0.4) is 0 Å². The molecule has 88 valence electrons. The first-order valence-corrected chi connectivity index (χ1v) is 6.30. The van der Waals surface area contributed by atoms with E-state index in [0.29, 0.717) is 6.04 Å². The third kappa shape index (κ3) is 2.46. The minimum atomic E-state index is 0.259. The van der Waals surface area contributed by atoms with Crippen LogP contribution < -0.4 is 5.32 Å². The molecule has 1 aliphatic heterocycles. The molecule has 1 saturated heterocycles. The van der Waals surface area contributed by atoms with Crippen LogP contribution in [0.15, 0.2) is 24.3 Å². The summed E-state index contributed by atoms with van der Waals surface area (Å²) in [7, 11) is 0. The van der Waals surface area contributed by atoms with Crippen LogP contribution in [0, 0.1) is 5.92 Å². The molecule has 1 heterocycles. The van der Waals surface area contributed by atoms with Gasteiger partial charge in [0.05, 0.1) is 0 Å². The van der Waals surface area contributed by atoms with Crippen LogP contribution in [0.5, 0.6) is 0 Å². The van der Waals surface area contributed by atoms with Gasteiger partial charge in [-0.05, 0) is 35.4 Å². The van der Waals surface area contributed by atoms with Crippen LogP contribution in [0.2, 0.25) is 0 Å². The highest BCUT2D eigenvalue weighted by molar-refractivity contribution is 5.29. The van der Waals surface area contributed by atoms with E-state index in [1.54, 1.807) is 0 Å². The van der Waals surface area contributed by atoms with Crippen LogP contribution in [0.1, 0.15) is 51.3 Å². The first-order valence-electron chi connectivity index (χ1n) is 6.30. The van der Waals surface area contributed by atoms with E-state index in [0.717, 1.165) is 12.5 Å². The molecule has 0 spiro atoms. The Morgan fingerprint density at radius 2 is 1.75 bits per heavy atom. The van der Waals surface area contributed by atoms with Crippen molar-refractivity contribution in [2.75, 3.05) is 6.54 Å². The fourth-order valence-electron chi connectivity index (χ4n) is 2.38. The maximum Gasteiger partial charge on any atom is 0.0323 e. The molecule has 0 radical (unpaired) electrons. The van der Waals surface area contributed by atoms with Crippen molar-refractivity contribution in [3.8, 4) is 0 Å². The maximum absolute atomic E-state index is 3.58. The van der Waals surface area contributed by atoms with Gasteiger partial charge < -0.3 is 5.32 Å². The van der Waals surface area contributed by atoms with Gasteiger partial charge >= 0.3 is 0 Å². The minimum Gasteiger partial charge on any atom is -0.310 e. The van der Waals surface area contributed by atoms with Gasteiger partial charge in [0.2, 0.25) is 0 Å². The van der Waals surface area contributed by atoms with Crippen LogP contribution in [0.4, 0.5) is 0 Å². The Morgan fingerprint density at radius 1 is 1.12 bits per heavy atom. The summed E-state index contributed by atoms with van der Waals surface area (Å²) >= 11 is 0. The Hall–Kier alpha value is -0.820. The molecule has 0 unspecified atom stereocenters. The fourth-order valence-corrected chi connectivity index (χ4v) is 2.38. The molecule has 0 aliphatic carbocycles. The summed E-state index contributed by atoms with van der Waals surface area (Å²) in [5, 5.41) is 3.58. The van der Waals surface area contributed by atoms with Crippen molar-refractivity contribution in [1.29, 1.82) is 0 Å². The predicted octanol–water partition coefficient (Wildman–Crippen LogP) is 3.65. The molecule has 1 N–H and O–H groups in total. The summed E-state index contributed by atoms with van der Waals surface area (Å²) in [5.41, 5.74) is 3.12. The Morgan fingerprint density at radius 3 is 2.19 bits per heavy atom. The molecule has 0 saturated carbocycles. The lowest BCUT2D eigenvalue weighted by Crippen LogP contribution is -2.14. The molecule has 1 nitrogen and oxygen atoms in total. The molecule has 0 amide bonds. The quantitative estimate of drug-likeness (QED) is 0.757. The topological polar surface area (TPSA) is 12.0 Å². The van der Waals surface area contributed by atoms with Gasteiger partial charge in [-0.1, -0.05) is 52.0 Å². The molecule has 1 aromatic rings. The van der Waals surface area contributed by atoms with Crippen molar-refractivity contribution in [3.05, 3.63) is 35.4 Å². The number of benzene rings is 1. The summed E-state index contributed by atoms with van der Waals surface area (Å²) in [5.74, 6) is 0.812. The average molecular weight is 217 g/mol. The van der Waals surface area contributed by atoms with Gasteiger partial charge in [0, 0.05) is 6.04 Å². The lowest BCUT2D eigenvalue weighted by atomic mass is 9.86. The molecule has 0 aromatic heterocycles. The average Bonchev–Trinajstić information content (AvgIpc) is 2.64. The van der Waals surface area contributed by atoms with Crippen LogP contribution in [0.25, 0.3) is 0 Å². The molecule has 16 heavy (non-hydrogen) atoms. The van der Waals surface area contributed by atoms with Crippen LogP contribution in [-0.4, -0.2) is 6.54 Å². The van der Waals surface area contributed by atoms with Gasteiger partial charge in [0.15, 0.2) is 0 Å². The number of hydrogen-bond acceptors (Lipinski definition) is 1. The van der Waals surface area contributed by atoms with Crippen molar-refractivity contribution in [2.24, 2.45) is 5.92 Å². The van der Waals surface area contributed by atoms with Crippen molar-refractivity contribution >= 4 is 0 Å². The highest BCUT2D eigenvalue weighted by Crippen LogP contribution is 2.29. The zero-order valence-electron chi connectivity index (χ0n) is 10.9. The summed E-state index contributed by atoms with van der Waals surface area (Å²) in [4.78, 5) is 0. The Kier molecular flexibility index (Phi) is 3.07. The molecule has 1 heteroatoms. The van der Waals surface area contributed by atoms with E-state index in [2.05, 4.69) is 57.3 Å². The van der Waals surface area contributed by atoms with E-state index < -0.39 is 0 Å². The molecular weight excluding hydrogens is 194 g/mol. The molecule has 0 bridgehead atoms. The molecule has 2 rings (SSSR count). The van der Waals surface area contributed by atoms with Crippen molar-refractivity contribution in [1.82, 2.24) is 5.32 Å². The SMILES string of the molecule is C[C@@H]1CN[C@H](c2ccc(C(C)(C)C)cc2)C1. The summed E-state index contributed by atoms with van der Waals surface area (Å²) in [6, 6.07) is 9.70. The second-order valence-electron chi connectivity index (χ2n) is 6.17. The minimum absolute atomic E-state index is 0.259. The zero-order chi connectivity index (χ0) is 11.8.